The van der Waals surface area contributed by atoms with Gasteiger partial charge in [-0.3, -0.25) is 0 Å². The predicted molar refractivity (Wildman–Crippen MR) is 65.4 cm³/mol. The van der Waals surface area contributed by atoms with Crippen LogP contribution in [-0.4, -0.2) is 45.4 Å². The fourth-order valence-electron chi connectivity index (χ4n) is 1.44. The molecule has 0 saturated heterocycles. The molecule has 6 nitrogen and oxygen atoms in total. The molecule has 0 atom stereocenters. The van der Waals surface area contributed by atoms with E-state index in [0.29, 0.717) is 24.4 Å². The summed E-state index contributed by atoms with van der Waals surface area (Å²) in [7, 11) is 4.72. The quantitative estimate of drug-likeness (QED) is 0.719. The molecule has 1 heterocycles. The van der Waals surface area contributed by atoms with Crippen molar-refractivity contribution in [3.05, 3.63) is 23.5 Å². The third-order valence-corrected chi connectivity index (χ3v) is 2.44. The second-order valence-electron chi connectivity index (χ2n) is 3.60. The Morgan fingerprint density at radius 3 is 2.83 bits per heavy atom. The summed E-state index contributed by atoms with van der Waals surface area (Å²) in [4.78, 5) is 17.4. The van der Waals surface area contributed by atoms with E-state index < -0.39 is 5.97 Å². The highest BCUT2D eigenvalue weighted by molar-refractivity contribution is 5.95. The molecule has 6 heteroatoms. The smallest absolute Gasteiger partial charge is 0.340 e. The van der Waals surface area contributed by atoms with Crippen LogP contribution in [0.1, 0.15) is 16.1 Å². The summed E-state index contributed by atoms with van der Waals surface area (Å²) < 4.78 is 9.67. The van der Waals surface area contributed by atoms with E-state index in [1.165, 1.54) is 19.4 Å². The predicted octanol–water partition coefficient (Wildman–Crippen LogP) is 0.822. The number of carbonyl (C=O) groups is 1. The Bertz CT molecular complexity index is 468. The number of anilines is 1. The molecule has 0 fully saturated rings. The van der Waals surface area contributed by atoms with Crippen LogP contribution >= 0.6 is 0 Å². The van der Waals surface area contributed by atoms with Crippen LogP contribution in [0.2, 0.25) is 0 Å². The molecule has 0 radical (unpaired) electrons. The van der Waals surface area contributed by atoms with E-state index in [2.05, 4.69) is 4.98 Å². The van der Waals surface area contributed by atoms with Crippen molar-refractivity contribution in [2.24, 2.45) is 0 Å². The average molecular weight is 249 g/mol. The molecule has 1 rings (SSSR count). The first kappa shape index (κ1) is 13.9. The molecule has 0 aliphatic rings. The minimum atomic E-state index is -0.492. The van der Waals surface area contributed by atoms with Gasteiger partial charge >= 0.3 is 5.97 Å². The molecular weight excluding hydrogens is 234 g/mol. The highest BCUT2D eigenvalue weighted by Gasteiger charge is 2.16. The first-order valence-corrected chi connectivity index (χ1v) is 5.32. The summed E-state index contributed by atoms with van der Waals surface area (Å²) in [5, 5.41) is 8.79. The number of nitrogens with zero attached hydrogens (tertiary/aromatic N) is 3. The number of esters is 1. The molecule has 0 aliphatic carbocycles. The Morgan fingerprint density at radius 2 is 2.28 bits per heavy atom. The average Bonchev–Trinajstić information content (AvgIpc) is 2.43. The Hall–Kier alpha value is -2.13. The van der Waals surface area contributed by atoms with E-state index in [0.717, 1.165) is 0 Å². The minimum Gasteiger partial charge on any atom is -0.465 e. The second-order valence-corrected chi connectivity index (χ2v) is 3.60. The van der Waals surface area contributed by atoms with Crippen molar-refractivity contribution in [2.75, 3.05) is 39.3 Å². The standard InChI is InChI=1S/C12H15N3O3/c1-15(4-5-17-2)11-8-14-9(7-13)6-10(11)12(16)18-3/h6,8H,4-5H2,1-3H3. The van der Waals surface area contributed by atoms with Gasteiger partial charge in [-0.2, -0.15) is 5.26 Å². The van der Waals surface area contributed by atoms with Crippen molar-refractivity contribution >= 4 is 11.7 Å². The third kappa shape index (κ3) is 3.18. The Kier molecular flexibility index (Phi) is 5.08. The highest BCUT2D eigenvalue weighted by atomic mass is 16.5. The van der Waals surface area contributed by atoms with E-state index in [1.54, 1.807) is 7.11 Å². The fraction of sp³-hybridized carbons (Fsp3) is 0.417. The molecule has 18 heavy (non-hydrogen) atoms. The van der Waals surface area contributed by atoms with Crippen LogP contribution in [0, 0.1) is 11.3 Å². The molecule has 0 saturated carbocycles. The maximum atomic E-state index is 11.7. The molecule has 0 bridgehead atoms. The Morgan fingerprint density at radius 1 is 1.56 bits per heavy atom. The van der Waals surface area contributed by atoms with Gasteiger partial charge in [-0.25, -0.2) is 9.78 Å². The molecule has 96 valence electrons. The Labute approximate surface area is 106 Å². The number of nitriles is 1. The van der Waals surface area contributed by atoms with Crippen LogP contribution in [0.4, 0.5) is 5.69 Å². The zero-order valence-electron chi connectivity index (χ0n) is 10.6. The molecule has 0 aromatic carbocycles. The molecule has 1 aromatic rings. The summed E-state index contributed by atoms with van der Waals surface area (Å²) in [6.07, 6.45) is 1.49. The van der Waals surface area contributed by atoms with Crippen LogP contribution in [0.3, 0.4) is 0 Å². The SMILES string of the molecule is COCCN(C)c1cnc(C#N)cc1C(=O)OC. The number of ether oxygens (including phenoxy) is 2. The van der Waals surface area contributed by atoms with Gasteiger partial charge in [0.05, 0.1) is 31.2 Å². The van der Waals surface area contributed by atoms with Gasteiger partial charge < -0.3 is 14.4 Å². The lowest BCUT2D eigenvalue weighted by Gasteiger charge is -2.20. The summed E-state index contributed by atoms with van der Waals surface area (Å²) in [6.45, 7) is 1.13. The van der Waals surface area contributed by atoms with Gasteiger partial charge in [0.15, 0.2) is 0 Å². The molecule has 0 N–H and O–H groups in total. The van der Waals surface area contributed by atoms with Gasteiger partial charge in [-0.1, -0.05) is 0 Å². The summed E-state index contributed by atoms with van der Waals surface area (Å²) in [5.41, 5.74) is 1.11. The lowest BCUT2D eigenvalue weighted by molar-refractivity contribution is 0.0601. The zero-order valence-corrected chi connectivity index (χ0v) is 10.6. The van der Waals surface area contributed by atoms with E-state index in [-0.39, 0.29) is 5.69 Å². The molecule has 0 unspecified atom stereocenters. The first-order valence-electron chi connectivity index (χ1n) is 5.32. The van der Waals surface area contributed by atoms with Crippen LogP contribution in [-0.2, 0) is 9.47 Å². The summed E-state index contributed by atoms with van der Waals surface area (Å²) >= 11 is 0. The van der Waals surface area contributed by atoms with Crippen LogP contribution in [0.15, 0.2) is 12.3 Å². The van der Waals surface area contributed by atoms with Crippen LogP contribution in [0.25, 0.3) is 0 Å². The van der Waals surface area contributed by atoms with Crippen molar-refractivity contribution in [2.45, 2.75) is 0 Å². The number of aromatic nitrogens is 1. The Balaban J connectivity index is 3.10. The van der Waals surface area contributed by atoms with Gasteiger partial charge in [-0.15, -0.1) is 0 Å². The fourth-order valence-corrected chi connectivity index (χ4v) is 1.44. The first-order chi connectivity index (χ1) is 8.63. The van der Waals surface area contributed by atoms with Crippen LogP contribution in [0.5, 0.6) is 0 Å². The van der Waals surface area contributed by atoms with E-state index in [4.69, 9.17) is 14.7 Å². The topological polar surface area (TPSA) is 75.5 Å². The number of likely N-dealkylation sites (N-methyl/N-ethyl adjacent to an activating group) is 1. The van der Waals surface area contributed by atoms with Gasteiger partial charge in [-0.05, 0) is 6.07 Å². The molecular formula is C12H15N3O3. The summed E-state index contributed by atoms with van der Waals surface area (Å²) in [6, 6.07) is 3.31. The van der Waals surface area contributed by atoms with Crippen molar-refractivity contribution < 1.29 is 14.3 Å². The van der Waals surface area contributed by atoms with Crippen molar-refractivity contribution in [1.29, 1.82) is 5.26 Å². The third-order valence-electron chi connectivity index (χ3n) is 2.44. The minimum absolute atomic E-state index is 0.180. The van der Waals surface area contributed by atoms with E-state index in [1.807, 2.05) is 18.0 Å². The van der Waals surface area contributed by atoms with E-state index >= 15 is 0 Å². The zero-order chi connectivity index (χ0) is 13.5. The number of rotatable bonds is 5. The van der Waals surface area contributed by atoms with Crippen molar-refractivity contribution in [3.63, 3.8) is 0 Å². The number of hydrogen-bond acceptors (Lipinski definition) is 6. The number of methoxy groups -OCH3 is 2. The number of carbonyl (C=O) groups excluding carboxylic acids is 1. The van der Waals surface area contributed by atoms with E-state index in [9.17, 15) is 4.79 Å². The number of hydrogen-bond donors (Lipinski definition) is 0. The maximum absolute atomic E-state index is 11.7. The van der Waals surface area contributed by atoms with Crippen LogP contribution < -0.4 is 4.90 Å². The van der Waals surface area contributed by atoms with Crippen molar-refractivity contribution in [3.8, 4) is 6.07 Å². The largest absolute Gasteiger partial charge is 0.465 e. The molecule has 0 aliphatic heterocycles. The van der Waals surface area contributed by atoms with Gasteiger partial charge in [0, 0.05) is 20.7 Å². The summed E-state index contributed by atoms with van der Waals surface area (Å²) in [5.74, 6) is -0.492. The van der Waals surface area contributed by atoms with Gasteiger partial charge in [0.1, 0.15) is 11.8 Å². The van der Waals surface area contributed by atoms with Gasteiger partial charge in [0.25, 0.3) is 0 Å². The maximum Gasteiger partial charge on any atom is 0.340 e. The second kappa shape index (κ2) is 6.57. The lowest BCUT2D eigenvalue weighted by Crippen LogP contribution is -2.24. The van der Waals surface area contributed by atoms with Gasteiger partial charge in [0.2, 0.25) is 0 Å². The number of pyridine rings is 1. The normalized spacial score (nSPS) is 9.67. The lowest BCUT2D eigenvalue weighted by atomic mass is 10.2. The molecule has 0 amide bonds. The molecule has 0 spiro atoms. The highest BCUT2D eigenvalue weighted by Crippen LogP contribution is 2.20. The van der Waals surface area contributed by atoms with Crippen molar-refractivity contribution in [1.82, 2.24) is 4.98 Å². The molecule has 1 aromatic heterocycles. The monoisotopic (exact) mass is 249 g/mol.